The SMILES string of the molecule is C=Cc1c(O)cccc1OCC1=C(c2ccnn2C2CCC2)CCOC1.C=Cc1c(O)cccc1OCC1=C(c2ccnn2C2COC2)CCOC1.COc1ncccc1C1=C(COc2cccc(C)c2C=O)COCC1.Cc1c(Cl)ccc(OCC2=C(c3ccnn3C(C)C)CCOC2)c1C=O.Cc1cccc(OCC2=C(c3ccnn3C(C)C)COCC2)c1C=O. The summed E-state index contributed by atoms with van der Waals surface area (Å²) in [4.78, 5) is 38.4. The van der Waals surface area contributed by atoms with Crippen LogP contribution in [-0.4, -0.2) is 193 Å². The molecular weight excluding hydrogens is 1650 g/mol. The third-order valence-electron chi connectivity index (χ3n) is 23.4. The van der Waals surface area contributed by atoms with Gasteiger partial charge >= 0.3 is 0 Å². The van der Waals surface area contributed by atoms with E-state index in [4.69, 9.17) is 68.4 Å². The second kappa shape index (κ2) is 45.9. The van der Waals surface area contributed by atoms with E-state index in [1.807, 2.05) is 138 Å². The minimum absolute atomic E-state index is 0.162. The molecule has 672 valence electrons. The van der Waals surface area contributed by atoms with Crippen LogP contribution in [-0.2, 0) is 28.4 Å². The van der Waals surface area contributed by atoms with E-state index in [-0.39, 0.29) is 23.6 Å². The predicted molar refractivity (Wildman–Crippen MR) is 494 cm³/mol. The number of carbonyl (C=O) groups excluding carboxylic acids is 3. The second-order valence-corrected chi connectivity index (χ2v) is 32.6. The molecule has 128 heavy (non-hydrogen) atoms. The summed E-state index contributed by atoms with van der Waals surface area (Å²) in [6, 6.07) is 38.7. The number of carbonyl (C=O) groups is 3. The molecule has 11 heterocycles. The number of phenolic OH excluding ortho intramolecular Hbond substituents is 2. The molecule has 1 saturated carbocycles. The second-order valence-electron chi connectivity index (χ2n) is 32.2. The number of hydrogen-bond donors (Lipinski definition) is 2. The van der Waals surface area contributed by atoms with Crippen LogP contribution in [0.2, 0.25) is 5.02 Å². The van der Waals surface area contributed by atoms with Gasteiger partial charge in [-0.25, -0.2) is 4.98 Å². The highest BCUT2D eigenvalue weighted by atomic mass is 35.5. The van der Waals surface area contributed by atoms with Gasteiger partial charge in [-0.3, -0.25) is 33.1 Å². The highest BCUT2D eigenvalue weighted by molar-refractivity contribution is 6.31. The summed E-state index contributed by atoms with van der Waals surface area (Å²) in [5.41, 5.74) is 22.4. The number of pyridine rings is 1. The molecule has 0 amide bonds. The van der Waals surface area contributed by atoms with Gasteiger partial charge in [-0.2, -0.15) is 20.4 Å². The van der Waals surface area contributed by atoms with Crippen molar-refractivity contribution in [1.29, 1.82) is 0 Å². The zero-order chi connectivity index (χ0) is 90.0. The minimum atomic E-state index is 0.162. The van der Waals surface area contributed by atoms with Gasteiger partial charge in [0.25, 0.3) is 0 Å². The standard InChI is InChI=1S/C21H24N2O3.C20H23ClN2O3.C20H22N2O4.C20H24N2O3.C20H21NO4/c1-2-17-20(24)7-4-8-21(17)26-14-15-13-25-12-10-18(15)19-9-11-22-23(19)16-5-3-6-16;1-13(2)23-19(6-8-22-23)16-7-9-25-11-15(16)12-26-20-5-4-18(21)14(3)17(20)10-24;1-2-16-19(23)4-3-5-20(16)26-11-14-10-24-9-7-17(14)18-6-8-21-22(18)15-12-25-13-15;1-14(2)22-19(7-9-21-22)18-13-24-10-8-16(18)12-25-20-6-4-5-15(3)17(20)11-23;1-14-5-3-7-19(18(14)11-22)25-13-15-12-24-10-8-16(15)17-6-4-9-21-20(17)23-2/h2,4,7-9,11,16,24H,1,3,5-6,10,12-14H2;4-6,8,10,13H,7,9,11-12H2,1-3H3;2-6,8,15,23H,1,7,9-13H2;4-7,9,11,14H,8,10,12-13H2,1-3H3;3-7,9,11H,8,10,12-13H2,1-2H3. The summed E-state index contributed by atoms with van der Waals surface area (Å²) < 4.78 is 77.1. The average molecular weight is 1760 g/mol. The molecule has 0 radical (unpaired) electrons. The fraction of sp³-hybridized carbons (Fsp3) is 0.366. The molecule has 17 rings (SSSR count). The number of ether oxygens (including phenoxy) is 12. The van der Waals surface area contributed by atoms with Crippen LogP contribution in [0.3, 0.4) is 0 Å². The number of methoxy groups -OCH3 is 1. The van der Waals surface area contributed by atoms with Crippen molar-refractivity contribution in [2.75, 3.05) is 119 Å². The molecule has 0 unspecified atom stereocenters. The van der Waals surface area contributed by atoms with Gasteiger partial charge in [0.15, 0.2) is 18.9 Å². The molecule has 5 aromatic heterocycles. The lowest BCUT2D eigenvalue weighted by Crippen LogP contribution is -2.32. The first-order valence-electron chi connectivity index (χ1n) is 43.5. The smallest absolute Gasteiger partial charge is 0.220 e. The van der Waals surface area contributed by atoms with Crippen molar-refractivity contribution in [3.63, 3.8) is 0 Å². The molecule has 2 N–H and O–H groups in total. The summed E-state index contributed by atoms with van der Waals surface area (Å²) in [5, 5.41) is 38.4. The van der Waals surface area contributed by atoms with E-state index in [2.05, 4.69) is 77.0 Å². The highest BCUT2D eigenvalue weighted by Gasteiger charge is 2.31. The van der Waals surface area contributed by atoms with Gasteiger partial charge in [-0.1, -0.05) is 73.3 Å². The van der Waals surface area contributed by atoms with Crippen molar-refractivity contribution in [2.24, 2.45) is 0 Å². The van der Waals surface area contributed by atoms with Gasteiger partial charge in [0, 0.05) is 59.2 Å². The van der Waals surface area contributed by atoms with Crippen LogP contribution in [0.5, 0.6) is 46.1 Å². The zero-order valence-corrected chi connectivity index (χ0v) is 74.9. The van der Waals surface area contributed by atoms with Crippen LogP contribution >= 0.6 is 11.6 Å². The van der Waals surface area contributed by atoms with Gasteiger partial charge in [0.05, 0.1) is 149 Å². The Hall–Kier alpha value is -12.3. The number of benzene rings is 5. The van der Waals surface area contributed by atoms with E-state index in [0.29, 0.717) is 185 Å². The van der Waals surface area contributed by atoms with E-state index < -0.39 is 0 Å². The quantitative estimate of drug-likeness (QED) is 0.0395. The van der Waals surface area contributed by atoms with Crippen LogP contribution in [0, 0.1) is 20.8 Å². The Morgan fingerprint density at radius 3 is 1.27 bits per heavy atom. The largest absolute Gasteiger partial charge is 0.507 e. The number of aromatic nitrogens is 9. The number of aryl methyl sites for hydroxylation is 2. The van der Waals surface area contributed by atoms with E-state index in [1.165, 1.54) is 47.2 Å². The van der Waals surface area contributed by atoms with Crippen LogP contribution in [0.15, 0.2) is 193 Å². The van der Waals surface area contributed by atoms with Crippen molar-refractivity contribution in [3.8, 4) is 46.1 Å². The van der Waals surface area contributed by atoms with Crippen molar-refractivity contribution in [1.82, 2.24) is 44.1 Å². The van der Waals surface area contributed by atoms with Crippen LogP contribution < -0.4 is 28.4 Å². The van der Waals surface area contributed by atoms with Crippen molar-refractivity contribution >= 4 is 70.5 Å². The maximum absolute atomic E-state index is 11.4. The molecule has 5 aromatic carbocycles. The van der Waals surface area contributed by atoms with Crippen molar-refractivity contribution in [2.45, 2.75) is 124 Å². The number of nitrogens with zero attached hydrogens (tertiary/aromatic N) is 9. The Labute approximate surface area is 752 Å². The molecule has 26 nitrogen and oxygen atoms in total. The first kappa shape index (κ1) is 93.4. The Morgan fingerprint density at radius 2 is 0.828 bits per heavy atom. The summed E-state index contributed by atoms with van der Waals surface area (Å²) in [6.45, 7) is 31.1. The van der Waals surface area contributed by atoms with E-state index in [9.17, 15) is 24.6 Å². The Kier molecular flexibility index (Phi) is 33.5. The molecule has 10 aromatic rings. The molecule has 2 fully saturated rings. The number of rotatable bonds is 30. The third kappa shape index (κ3) is 22.8. The van der Waals surface area contributed by atoms with Gasteiger partial charge in [-0.05, 0) is 252 Å². The normalized spacial score (nSPS) is 16.0. The van der Waals surface area contributed by atoms with Gasteiger partial charge in [0.2, 0.25) is 5.88 Å². The fourth-order valence-electron chi connectivity index (χ4n) is 16.1. The molecule has 1 saturated heterocycles. The lowest BCUT2D eigenvalue weighted by molar-refractivity contribution is -0.0290. The van der Waals surface area contributed by atoms with Crippen LogP contribution in [0.1, 0.15) is 190 Å². The molecule has 6 aliphatic heterocycles. The highest BCUT2D eigenvalue weighted by Crippen LogP contribution is 2.41. The fourth-order valence-corrected chi connectivity index (χ4v) is 16.3. The maximum Gasteiger partial charge on any atom is 0.220 e. The summed E-state index contributed by atoms with van der Waals surface area (Å²) in [5.74, 6) is 3.93. The molecule has 0 spiro atoms. The number of aldehydes is 3. The van der Waals surface area contributed by atoms with Gasteiger partial charge < -0.3 is 67.1 Å². The molecule has 7 aliphatic rings. The van der Waals surface area contributed by atoms with Gasteiger partial charge in [0.1, 0.15) is 73.3 Å². The topological polar surface area (TPSA) is 287 Å². The van der Waals surface area contributed by atoms with Crippen LogP contribution in [0.4, 0.5) is 0 Å². The molecule has 0 atom stereocenters. The summed E-state index contributed by atoms with van der Waals surface area (Å²) in [6.07, 6.45) is 22.6. The van der Waals surface area contributed by atoms with E-state index in [1.54, 1.807) is 61.9 Å². The minimum Gasteiger partial charge on any atom is -0.507 e. The Balaban J connectivity index is 0.000000137. The lowest BCUT2D eigenvalue weighted by Gasteiger charge is -2.29. The molecule has 27 heteroatoms. The number of hydrogen-bond acceptors (Lipinski definition) is 22. The third-order valence-corrected chi connectivity index (χ3v) is 23.8. The zero-order valence-electron chi connectivity index (χ0n) is 74.1. The lowest BCUT2D eigenvalue weighted by atomic mass is 9.92. The van der Waals surface area contributed by atoms with Crippen molar-refractivity contribution < 1.29 is 81.4 Å². The summed E-state index contributed by atoms with van der Waals surface area (Å²) in [7, 11) is 1.62. The first-order chi connectivity index (χ1) is 62.4. The Morgan fingerprint density at radius 1 is 0.430 bits per heavy atom. The molecule has 0 bridgehead atoms. The Bertz CT molecular complexity index is 5560. The predicted octanol–water partition coefficient (Wildman–Crippen LogP) is 19.1. The molecule has 1 aliphatic carbocycles. The number of phenols is 2. The van der Waals surface area contributed by atoms with E-state index >= 15 is 0 Å². The maximum atomic E-state index is 11.4. The summed E-state index contributed by atoms with van der Waals surface area (Å²) >= 11 is 6.10. The average Bonchev–Trinajstić information content (AvgIpc) is 1.60. The van der Waals surface area contributed by atoms with E-state index in [0.717, 1.165) is 130 Å². The number of aromatic hydroxyl groups is 2. The van der Waals surface area contributed by atoms with Crippen LogP contribution in [0.25, 0.3) is 40.0 Å². The van der Waals surface area contributed by atoms with Crippen molar-refractivity contribution in [3.05, 3.63) is 271 Å². The molecular formula is C101H114ClN9O17. The van der Waals surface area contributed by atoms with Gasteiger partial charge in [-0.15, -0.1) is 0 Å². The monoisotopic (exact) mass is 1760 g/mol. The first-order valence-corrected chi connectivity index (χ1v) is 43.8. The number of halogens is 1.